The van der Waals surface area contributed by atoms with E-state index in [1.807, 2.05) is 0 Å². The molecule has 0 N–H and O–H groups in total. The minimum atomic E-state index is -0.365. The van der Waals surface area contributed by atoms with E-state index in [1.165, 1.54) is 0 Å². The highest BCUT2D eigenvalue weighted by atomic mass is 16.5. The Morgan fingerprint density at radius 3 is 2.87 bits per heavy atom. The maximum Gasteiger partial charge on any atom is 0.333 e. The van der Waals surface area contributed by atoms with Crippen LogP contribution in [0.4, 0.5) is 0 Å². The summed E-state index contributed by atoms with van der Waals surface area (Å²) in [6.07, 6.45) is 4.67. The lowest BCUT2D eigenvalue weighted by Gasteiger charge is -2.25. The SMILES string of the molecule is C=C(C)C(=O)OC1CCCC(N=C=O)C1. The Kier molecular flexibility index (Phi) is 4.25. The number of esters is 1. The van der Waals surface area contributed by atoms with Crippen molar-refractivity contribution in [1.29, 1.82) is 0 Å². The van der Waals surface area contributed by atoms with Gasteiger partial charge in [-0.1, -0.05) is 6.58 Å². The van der Waals surface area contributed by atoms with Gasteiger partial charge in [-0.15, -0.1) is 0 Å². The molecule has 0 radical (unpaired) electrons. The van der Waals surface area contributed by atoms with E-state index in [1.54, 1.807) is 13.0 Å². The lowest BCUT2D eigenvalue weighted by molar-refractivity contribution is -0.145. The van der Waals surface area contributed by atoms with E-state index >= 15 is 0 Å². The Bertz CT molecular complexity index is 305. The molecule has 0 aliphatic heterocycles. The zero-order chi connectivity index (χ0) is 11.3. The van der Waals surface area contributed by atoms with Crippen molar-refractivity contribution in [3.8, 4) is 0 Å². The third kappa shape index (κ3) is 3.68. The van der Waals surface area contributed by atoms with Crippen LogP contribution in [0.1, 0.15) is 32.6 Å². The fourth-order valence-electron chi connectivity index (χ4n) is 1.67. The van der Waals surface area contributed by atoms with Crippen LogP contribution in [0.25, 0.3) is 0 Å². The van der Waals surface area contributed by atoms with Gasteiger partial charge in [-0.2, -0.15) is 0 Å². The molecule has 1 aliphatic carbocycles. The molecule has 1 fully saturated rings. The summed E-state index contributed by atoms with van der Waals surface area (Å²) in [6.45, 7) is 5.13. The molecule has 0 bridgehead atoms. The summed E-state index contributed by atoms with van der Waals surface area (Å²) in [5, 5.41) is 0. The molecule has 4 nitrogen and oxygen atoms in total. The topological polar surface area (TPSA) is 55.7 Å². The number of carbonyl (C=O) groups is 1. The van der Waals surface area contributed by atoms with E-state index in [4.69, 9.17) is 4.74 Å². The van der Waals surface area contributed by atoms with Gasteiger partial charge in [-0.3, -0.25) is 0 Å². The summed E-state index contributed by atoms with van der Waals surface area (Å²) in [6, 6.07) is -0.0424. The highest BCUT2D eigenvalue weighted by Gasteiger charge is 2.24. The van der Waals surface area contributed by atoms with Gasteiger partial charge in [0.1, 0.15) is 6.10 Å². The van der Waals surface area contributed by atoms with E-state index in [2.05, 4.69) is 11.6 Å². The third-order valence-electron chi connectivity index (χ3n) is 2.46. The second kappa shape index (κ2) is 5.47. The van der Waals surface area contributed by atoms with Gasteiger partial charge in [-0.25, -0.2) is 14.6 Å². The van der Waals surface area contributed by atoms with E-state index in [0.29, 0.717) is 12.0 Å². The molecule has 0 aromatic heterocycles. The Morgan fingerprint density at radius 1 is 1.53 bits per heavy atom. The fraction of sp³-hybridized carbons (Fsp3) is 0.636. The normalized spacial score (nSPS) is 25.1. The largest absolute Gasteiger partial charge is 0.459 e. The van der Waals surface area contributed by atoms with Crippen LogP contribution < -0.4 is 0 Å². The lowest BCUT2D eigenvalue weighted by Crippen LogP contribution is -2.27. The van der Waals surface area contributed by atoms with E-state index in [0.717, 1.165) is 19.3 Å². The van der Waals surface area contributed by atoms with Crippen LogP contribution in [0, 0.1) is 0 Å². The molecule has 2 unspecified atom stereocenters. The van der Waals surface area contributed by atoms with Crippen molar-refractivity contribution in [2.75, 3.05) is 0 Å². The molecule has 0 aromatic carbocycles. The average molecular weight is 209 g/mol. The zero-order valence-electron chi connectivity index (χ0n) is 8.86. The minimum Gasteiger partial charge on any atom is -0.459 e. The van der Waals surface area contributed by atoms with Crippen molar-refractivity contribution in [2.24, 2.45) is 4.99 Å². The first-order chi connectivity index (χ1) is 7.13. The van der Waals surface area contributed by atoms with Gasteiger partial charge in [0.25, 0.3) is 0 Å². The molecule has 1 saturated carbocycles. The van der Waals surface area contributed by atoms with Gasteiger partial charge in [0.2, 0.25) is 6.08 Å². The van der Waals surface area contributed by atoms with Gasteiger partial charge in [-0.05, 0) is 26.2 Å². The molecule has 15 heavy (non-hydrogen) atoms. The van der Waals surface area contributed by atoms with Crippen LogP contribution in [0.3, 0.4) is 0 Å². The minimum absolute atomic E-state index is 0.0424. The van der Waals surface area contributed by atoms with Crippen LogP contribution in [-0.2, 0) is 14.3 Å². The molecule has 0 amide bonds. The Morgan fingerprint density at radius 2 is 2.27 bits per heavy atom. The van der Waals surface area contributed by atoms with Crippen LogP contribution in [0.15, 0.2) is 17.1 Å². The average Bonchev–Trinajstić information content (AvgIpc) is 2.18. The van der Waals surface area contributed by atoms with Gasteiger partial charge in [0.15, 0.2) is 0 Å². The van der Waals surface area contributed by atoms with Gasteiger partial charge >= 0.3 is 5.97 Å². The van der Waals surface area contributed by atoms with Gasteiger partial charge in [0.05, 0.1) is 6.04 Å². The smallest absolute Gasteiger partial charge is 0.333 e. The van der Waals surface area contributed by atoms with Crippen LogP contribution in [0.5, 0.6) is 0 Å². The molecule has 0 heterocycles. The van der Waals surface area contributed by atoms with E-state index in [9.17, 15) is 9.59 Å². The van der Waals surface area contributed by atoms with Gasteiger partial charge in [0, 0.05) is 12.0 Å². The maximum atomic E-state index is 11.2. The Balaban J connectivity index is 2.46. The number of hydrogen-bond donors (Lipinski definition) is 0. The summed E-state index contributed by atoms with van der Waals surface area (Å²) in [7, 11) is 0. The Labute approximate surface area is 89.0 Å². The summed E-state index contributed by atoms with van der Waals surface area (Å²) in [5.41, 5.74) is 0.399. The van der Waals surface area contributed by atoms with Crippen molar-refractivity contribution in [1.82, 2.24) is 0 Å². The number of ether oxygens (including phenoxy) is 1. The second-order valence-electron chi connectivity index (χ2n) is 3.85. The predicted molar refractivity (Wildman–Crippen MR) is 55.1 cm³/mol. The Hall–Kier alpha value is -1.41. The monoisotopic (exact) mass is 209 g/mol. The van der Waals surface area contributed by atoms with Crippen LogP contribution in [-0.4, -0.2) is 24.2 Å². The number of nitrogens with zero attached hydrogens (tertiary/aromatic N) is 1. The molecule has 1 aliphatic rings. The summed E-state index contributed by atoms with van der Waals surface area (Å²) in [4.78, 5) is 25.0. The fourth-order valence-corrected chi connectivity index (χ4v) is 1.67. The molecule has 4 heteroatoms. The summed E-state index contributed by atoms with van der Waals surface area (Å²) < 4.78 is 5.20. The predicted octanol–water partition coefficient (Wildman–Crippen LogP) is 1.75. The van der Waals surface area contributed by atoms with Crippen LogP contribution >= 0.6 is 0 Å². The van der Waals surface area contributed by atoms with Crippen molar-refractivity contribution < 1.29 is 14.3 Å². The van der Waals surface area contributed by atoms with Crippen LogP contribution in [0.2, 0.25) is 0 Å². The van der Waals surface area contributed by atoms with Crippen molar-refractivity contribution in [2.45, 2.75) is 44.8 Å². The first-order valence-corrected chi connectivity index (χ1v) is 5.07. The molecular formula is C11H15NO3. The van der Waals surface area contributed by atoms with Crippen molar-refractivity contribution in [3.63, 3.8) is 0 Å². The number of aliphatic imine (C=N–C) groups is 1. The van der Waals surface area contributed by atoms with Crippen molar-refractivity contribution >= 4 is 12.0 Å². The molecule has 0 aromatic rings. The quantitative estimate of drug-likeness (QED) is 0.308. The molecule has 2 atom stereocenters. The maximum absolute atomic E-state index is 11.2. The molecule has 1 rings (SSSR count). The second-order valence-corrected chi connectivity index (χ2v) is 3.85. The van der Waals surface area contributed by atoms with E-state index < -0.39 is 0 Å². The molecular weight excluding hydrogens is 194 g/mol. The molecule has 0 saturated heterocycles. The summed E-state index contributed by atoms with van der Waals surface area (Å²) in [5.74, 6) is -0.365. The van der Waals surface area contributed by atoms with E-state index in [-0.39, 0.29) is 18.1 Å². The molecule has 0 spiro atoms. The number of rotatable bonds is 3. The lowest BCUT2D eigenvalue weighted by atomic mass is 9.93. The first kappa shape index (κ1) is 11.7. The van der Waals surface area contributed by atoms with Gasteiger partial charge < -0.3 is 4.74 Å². The highest BCUT2D eigenvalue weighted by molar-refractivity contribution is 5.87. The molecule has 82 valence electrons. The number of carbonyl (C=O) groups excluding carboxylic acids is 2. The first-order valence-electron chi connectivity index (χ1n) is 5.07. The standard InChI is InChI=1S/C11H15NO3/c1-8(2)11(14)15-10-5-3-4-9(6-10)12-7-13/h9-10H,1,3-6H2,2H3. The zero-order valence-corrected chi connectivity index (χ0v) is 8.86. The van der Waals surface area contributed by atoms with Crippen molar-refractivity contribution in [3.05, 3.63) is 12.2 Å². The summed E-state index contributed by atoms with van der Waals surface area (Å²) >= 11 is 0. The number of isocyanates is 1. The number of hydrogen-bond acceptors (Lipinski definition) is 4. The third-order valence-corrected chi connectivity index (χ3v) is 2.46. The highest BCUT2D eigenvalue weighted by Crippen LogP contribution is 2.23.